The molecule has 0 heterocycles. The summed E-state index contributed by atoms with van der Waals surface area (Å²) in [7, 11) is -1.72. The van der Waals surface area contributed by atoms with Gasteiger partial charge in [-0.15, -0.1) is 0 Å². The molecule has 34 heavy (non-hydrogen) atoms. The molecule has 0 bridgehead atoms. The number of hydrogen-bond acceptors (Lipinski definition) is 0. The molecule has 0 saturated heterocycles. The standard InChI is InChI=1S/C32H41IP/c33-28-20-9-7-5-3-1-2-4-6-8-10-21-29-34(30-22-14-11-15-23-30,31-24-16-12-17-25-31)32-26-18-13-19-27-32/h10-19,21-27H,1-9,20,28-29H2/q+1. The average molecular weight is 584 g/mol. The minimum Gasteiger partial charge on any atom is -0.0864 e. The van der Waals surface area contributed by atoms with E-state index >= 15 is 0 Å². The van der Waals surface area contributed by atoms with Crippen LogP contribution in [0.1, 0.15) is 64.2 Å². The van der Waals surface area contributed by atoms with Crippen molar-refractivity contribution in [3.63, 3.8) is 0 Å². The van der Waals surface area contributed by atoms with E-state index in [1.54, 1.807) is 0 Å². The van der Waals surface area contributed by atoms with Gasteiger partial charge in [-0.2, -0.15) is 0 Å². The van der Waals surface area contributed by atoms with E-state index in [0.29, 0.717) is 0 Å². The number of alkyl halides is 1. The summed E-state index contributed by atoms with van der Waals surface area (Å²) < 4.78 is 1.32. The molecule has 0 spiro atoms. The van der Waals surface area contributed by atoms with Gasteiger partial charge >= 0.3 is 0 Å². The molecule has 2 heteroatoms. The van der Waals surface area contributed by atoms with Crippen LogP contribution in [0.2, 0.25) is 0 Å². The molecular formula is C32H41IP+. The van der Waals surface area contributed by atoms with Gasteiger partial charge in [0.15, 0.2) is 0 Å². The maximum Gasteiger partial charge on any atom is 0.115 e. The Morgan fingerprint density at radius 1 is 0.471 bits per heavy atom. The lowest BCUT2D eigenvalue weighted by molar-refractivity contribution is 0.568. The molecule has 0 nitrogen and oxygen atoms in total. The first-order chi connectivity index (χ1) is 16.9. The third-order valence-corrected chi connectivity index (χ3v) is 11.7. The molecule has 0 amide bonds. The maximum absolute atomic E-state index is 2.49. The quantitative estimate of drug-likeness (QED) is 0.0520. The van der Waals surface area contributed by atoms with Gasteiger partial charge in [-0.05, 0) is 60.1 Å². The van der Waals surface area contributed by atoms with Gasteiger partial charge in [-0.3, -0.25) is 0 Å². The lowest BCUT2D eigenvalue weighted by atomic mass is 10.1. The van der Waals surface area contributed by atoms with Gasteiger partial charge in [-0.1, -0.05) is 134 Å². The van der Waals surface area contributed by atoms with Crippen LogP contribution in [0.25, 0.3) is 0 Å². The van der Waals surface area contributed by atoms with Crippen LogP contribution < -0.4 is 15.9 Å². The third kappa shape index (κ3) is 8.35. The number of rotatable bonds is 16. The Balaban J connectivity index is 1.60. The summed E-state index contributed by atoms with van der Waals surface area (Å²) in [5.74, 6) is 0. The lowest BCUT2D eigenvalue weighted by Crippen LogP contribution is -2.32. The van der Waals surface area contributed by atoms with Crippen molar-refractivity contribution in [2.45, 2.75) is 64.2 Å². The normalized spacial score (nSPS) is 11.8. The van der Waals surface area contributed by atoms with Crippen LogP contribution in [0.4, 0.5) is 0 Å². The largest absolute Gasteiger partial charge is 0.115 e. The van der Waals surface area contributed by atoms with Crippen molar-refractivity contribution in [1.82, 2.24) is 0 Å². The molecule has 0 saturated carbocycles. The average Bonchev–Trinajstić information content (AvgIpc) is 2.91. The molecule has 0 N–H and O–H groups in total. The summed E-state index contributed by atoms with van der Waals surface area (Å²) in [6, 6.07) is 33.6. The number of unbranched alkanes of at least 4 members (excludes halogenated alkanes) is 9. The second-order valence-electron chi connectivity index (χ2n) is 9.13. The van der Waals surface area contributed by atoms with Gasteiger partial charge < -0.3 is 0 Å². The predicted octanol–water partition coefficient (Wildman–Crippen LogP) is 8.87. The number of benzene rings is 3. The number of hydrogen-bond donors (Lipinski definition) is 0. The predicted molar refractivity (Wildman–Crippen MR) is 164 cm³/mol. The van der Waals surface area contributed by atoms with E-state index in [4.69, 9.17) is 0 Å². The molecule has 0 aliphatic heterocycles. The molecule has 3 aromatic rings. The summed E-state index contributed by atoms with van der Waals surface area (Å²) >= 11 is 2.49. The van der Waals surface area contributed by atoms with E-state index < -0.39 is 7.26 Å². The van der Waals surface area contributed by atoms with E-state index in [0.717, 1.165) is 6.16 Å². The second-order valence-corrected chi connectivity index (χ2v) is 13.7. The van der Waals surface area contributed by atoms with Crippen molar-refractivity contribution in [3.05, 3.63) is 103 Å². The van der Waals surface area contributed by atoms with Crippen LogP contribution in [0.15, 0.2) is 103 Å². The molecular weight excluding hydrogens is 542 g/mol. The van der Waals surface area contributed by atoms with Crippen LogP contribution in [0.3, 0.4) is 0 Å². The fourth-order valence-corrected chi connectivity index (χ4v) is 9.33. The summed E-state index contributed by atoms with van der Waals surface area (Å²) in [4.78, 5) is 0. The van der Waals surface area contributed by atoms with E-state index in [9.17, 15) is 0 Å². The number of halogens is 1. The van der Waals surface area contributed by atoms with Crippen LogP contribution in [0.5, 0.6) is 0 Å². The topological polar surface area (TPSA) is 0 Å². The highest BCUT2D eigenvalue weighted by molar-refractivity contribution is 14.1. The highest BCUT2D eigenvalue weighted by Crippen LogP contribution is 2.55. The van der Waals surface area contributed by atoms with E-state index in [-0.39, 0.29) is 0 Å². The summed E-state index contributed by atoms with van der Waals surface area (Å²) in [6.45, 7) is 0. The molecule has 0 unspecified atom stereocenters. The molecule has 180 valence electrons. The molecule has 3 rings (SSSR count). The molecule has 0 radical (unpaired) electrons. The molecule has 0 aliphatic carbocycles. The van der Waals surface area contributed by atoms with Crippen molar-refractivity contribution in [3.8, 4) is 0 Å². The maximum atomic E-state index is 2.49. The van der Waals surface area contributed by atoms with Crippen molar-refractivity contribution in [2.24, 2.45) is 0 Å². The Kier molecular flexibility index (Phi) is 13.0. The molecule has 0 fully saturated rings. The van der Waals surface area contributed by atoms with Gasteiger partial charge in [0.2, 0.25) is 0 Å². The van der Waals surface area contributed by atoms with Gasteiger partial charge in [0, 0.05) is 0 Å². The fraction of sp³-hybridized carbons (Fsp3) is 0.375. The van der Waals surface area contributed by atoms with Gasteiger partial charge in [-0.25, -0.2) is 0 Å². The Labute approximate surface area is 222 Å². The minimum atomic E-state index is -1.72. The Morgan fingerprint density at radius 3 is 1.26 bits per heavy atom. The van der Waals surface area contributed by atoms with E-state index in [1.165, 1.54) is 84.5 Å². The summed E-state index contributed by atoms with van der Waals surface area (Å²) in [5.41, 5.74) is 0. The number of allylic oxidation sites excluding steroid dienone is 2. The molecule has 0 aliphatic rings. The van der Waals surface area contributed by atoms with Crippen LogP contribution in [-0.4, -0.2) is 10.6 Å². The van der Waals surface area contributed by atoms with Gasteiger partial charge in [0.05, 0.1) is 6.16 Å². The Bertz CT molecular complexity index is 824. The second kappa shape index (κ2) is 16.3. The monoisotopic (exact) mass is 583 g/mol. The van der Waals surface area contributed by atoms with Gasteiger partial charge in [0.1, 0.15) is 23.2 Å². The smallest absolute Gasteiger partial charge is 0.0864 e. The summed E-state index contributed by atoms with van der Waals surface area (Å²) in [5, 5.41) is 4.40. The molecule has 0 aromatic heterocycles. The van der Waals surface area contributed by atoms with Crippen molar-refractivity contribution in [1.29, 1.82) is 0 Å². The van der Waals surface area contributed by atoms with Crippen molar-refractivity contribution < 1.29 is 0 Å². The first kappa shape index (κ1) is 27.2. The zero-order chi connectivity index (χ0) is 23.7. The van der Waals surface area contributed by atoms with Crippen LogP contribution in [-0.2, 0) is 0 Å². The SMILES string of the molecule is ICCCCCCCCCCCC=CC[P+](c1ccccc1)(c1ccccc1)c1ccccc1. The highest BCUT2D eigenvalue weighted by Gasteiger charge is 2.43. The fourth-order valence-electron chi connectivity index (χ4n) is 4.76. The first-order valence-corrected chi connectivity index (χ1v) is 16.6. The zero-order valence-corrected chi connectivity index (χ0v) is 23.7. The van der Waals surface area contributed by atoms with E-state index in [2.05, 4.69) is 126 Å². The Morgan fingerprint density at radius 2 is 0.853 bits per heavy atom. The third-order valence-electron chi connectivity index (χ3n) is 6.64. The summed E-state index contributed by atoms with van der Waals surface area (Å²) in [6.07, 6.45) is 19.8. The lowest BCUT2D eigenvalue weighted by Gasteiger charge is -2.26. The molecule has 3 aromatic carbocycles. The van der Waals surface area contributed by atoms with Gasteiger partial charge in [0.25, 0.3) is 0 Å². The Hall–Kier alpha value is -1.44. The van der Waals surface area contributed by atoms with Crippen molar-refractivity contribution in [2.75, 3.05) is 10.6 Å². The first-order valence-electron chi connectivity index (χ1n) is 13.1. The zero-order valence-electron chi connectivity index (χ0n) is 20.6. The van der Waals surface area contributed by atoms with Crippen LogP contribution >= 0.6 is 29.9 Å². The van der Waals surface area contributed by atoms with Crippen molar-refractivity contribution >= 4 is 45.8 Å². The van der Waals surface area contributed by atoms with Crippen LogP contribution in [0, 0.1) is 0 Å². The minimum absolute atomic E-state index is 1.09. The highest BCUT2D eigenvalue weighted by atomic mass is 127. The van der Waals surface area contributed by atoms with E-state index in [1.807, 2.05) is 0 Å². The molecule has 0 atom stereocenters.